The zero-order chi connectivity index (χ0) is 9.14. The molecule has 0 unspecified atom stereocenters. The largest absolute Gasteiger partial charge is 0.449 e. The van der Waals surface area contributed by atoms with Crippen LogP contribution in [0.2, 0.25) is 0 Å². The van der Waals surface area contributed by atoms with Gasteiger partial charge in [0.1, 0.15) is 5.76 Å². The van der Waals surface area contributed by atoms with Crippen LogP contribution in [0.4, 0.5) is 0 Å². The van der Waals surface area contributed by atoms with Gasteiger partial charge in [0.15, 0.2) is 4.67 Å². The summed E-state index contributed by atoms with van der Waals surface area (Å²) in [4.78, 5) is 0. The third-order valence-corrected chi connectivity index (χ3v) is 3.86. The first-order chi connectivity index (χ1) is 5.63. The highest BCUT2D eigenvalue weighted by Gasteiger charge is 2.03. The second-order valence-electron chi connectivity index (χ2n) is 2.39. The molecule has 0 amide bonds. The van der Waals surface area contributed by atoms with Gasteiger partial charge in [-0.3, -0.25) is 0 Å². The van der Waals surface area contributed by atoms with Crippen LogP contribution >= 0.6 is 47.8 Å². The lowest BCUT2D eigenvalue weighted by molar-refractivity contribution is 0.529. The molecule has 0 aliphatic heterocycles. The smallest absolute Gasteiger partial charge is 0.184 e. The number of alkyl halides is 1. The van der Waals surface area contributed by atoms with E-state index in [4.69, 9.17) is 4.42 Å². The summed E-state index contributed by atoms with van der Waals surface area (Å²) >= 11 is 9.98. The minimum Gasteiger partial charge on any atom is -0.449 e. The molecule has 0 atom stereocenters. The number of hydrogen-bond donors (Lipinski definition) is 0. The Balaban J connectivity index is 2.90. The van der Waals surface area contributed by atoms with Gasteiger partial charge in [-0.2, -0.15) is 0 Å². The second kappa shape index (κ2) is 4.63. The Morgan fingerprint density at radius 2 is 2.25 bits per heavy atom. The Morgan fingerprint density at radius 3 is 2.67 bits per heavy atom. The Bertz CT molecular complexity index is 282. The fourth-order valence-electron chi connectivity index (χ4n) is 0.716. The van der Waals surface area contributed by atoms with Crippen molar-refractivity contribution < 1.29 is 4.42 Å². The van der Waals surface area contributed by atoms with E-state index in [1.54, 1.807) is 0 Å². The standard InChI is InChI=1S/C8H7Br3O/c1-5(4-9)2-6-3-7(10)8(11)12-6/h2-3H,4H2,1H3. The second-order valence-corrected chi connectivity index (χ2v) is 4.53. The van der Waals surface area contributed by atoms with Crippen LogP contribution in [0.5, 0.6) is 0 Å². The van der Waals surface area contributed by atoms with Crippen LogP contribution in [-0.2, 0) is 0 Å². The number of allylic oxidation sites excluding steroid dienone is 1. The summed E-state index contributed by atoms with van der Waals surface area (Å²) in [6.07, 6.45) is 1.99. The van der Waals surface area contributed by atoms with E-state index in [2.05, 4.69) is 47.8 Å². The predicted molar refractivity (Wildman–Crippen MR) is 61.6 cm³/mol. The highest BCUT2D eigenvalue weighted by Crippen LogP contribution is 2.27. The molecule has 0 fully saturated rings. The lowest BCUT2D eigenvalue weighted by atomic mass is 10.3. The van der Waals surface area contributed by atoms with Crippen molar-refractivity contribution in [1.29, 1.82) is 0 Å². The lowest BCUT2D eigenvalue weighted by Crippen LogP contribution is -1.73. The van der Waals surface area contributed by atoms with Crippen LogP contribution in [-0.4, -0.2) is 5.33 Å². The SMILES string of the molecule is CC(=Cc1cc(Br)c(Br)o1)CBr. The summed E-state index contributed by atoms with van der Waals surface area (Å²) in [5.74, 6) is 0.853. The number of halogens is 3. The van der Waals surface area contributed by atoms with Gasteiger partial charge in [-0.15, -0.1) is 0 Å². The number of furan rings is 1. The van der Waals surface area contributed by atoms with Gasteiger partial charge >= 0.3 is 0 Å². The maximum atomic E-state index is 5.36. The van der Waals surface area contributed by atoms with E-state index in [0.717, 1.165) is 20.2 Å². The molecule has 0 spiro atoms. The summed E-state index contributed by atoms with van der Waals surface area (Å²) < 4.78 is 7.03. The van der Waals surface area contributed by atoms with E-state index >= 15 is 0 Å². The molecule has 0 aromatic carbocycles. The molecule has 1 aromatic heterocycles. The summed E-state index contributed by atoms with van der Waals surface area (Å²) in [7, 11) is 0. The summed E-state index contributed by atoms with van der Waals surface area (Å²) in [5.41, 5.74) is 1.23. The Kier molecular flexibility index (Phi) is 4.06. The zero-order valence-electron chi connectivity index (χ0n) is 6.40. The van der Waals surface area contributed by atoms with E-state index in [0.29, 0.717) is 0 Å². The zero-order valence-corrected chi connectivity index (χ0v) is 11.2. The van der Waals surface area contributed by atoms with Gasteiger partial charge in [0.25, 0.3) is 0 Å². The first-order valence-corrected chi connectivity index (χ1v) is 6.02. The maximum Gasteiger partial charge on any atom is 0.184 e. The van der Waals surface area contributed by atoms with E-state index in [-0.39, 0.29) is 0 Å². The van der Waals surface area contributed by atoms with E-state index in [9.17, 15) is 0 Å². The topological polar surface area (TPSA) is 13.1 Å². The van der Waals surface area contributed by atoms with Gasteiger partial charge in [0, 0.05) is 5.33 Å². The van der Waals surface area contributed by atoms with Crippen LogP contribution in [0, 0.1) is 0 Å². The Morgan fingerprint density at radius 1 is 1.58 bits per heavy atom. The number of rotatable bonds is 2. The van der Waals surface area contributed by atoms with Gasteiger partial charge in [0.05, 0.1) is 4.47 Å². The van der Waals surface area contributed by atoms with Crippen molar-refractivity contribution >= 4 is 53.9 Å². The molecule has 1 rings (SSSR count). The lowest BCUT2D eigenvalue weighted by Gasteiger charge is -1.89. The molecule has 0 radical (unpaired) electrons. The molecule has 1 aromatic rings. The molecule has 0 saturated heterocycles. The van der Waals surface area contributed by atoms with Crippen LogP contribution in [0.25, 0.3) is 6.08 Å². The maximum absolute atomic E-state index is 5.36. The predicted octanol–water partition coefficient (Wildman–Crippen LogP) is 4.60. The average Bonchev–Trinajstić information content (AvgIpc) is 2.31. The van der Waals surface area contributed by atoms with Crippen molar-refractivity contribution in [2.24, 2.45) is 0 Å². The van der Waals surface area contributed by atoms with Gasteiger partial charge in [0.2, 0.25) is 0 Å². The average molecular weight is 359 g/mol. The van der Waals surface area contributed by atoms with Gasteiger partial charge in [-0.05, 0) is 50.9 Å². The van der Waals surface area contributed by atoms with Gasteiger partial charge in [-0.25, -0.2) is 0 Å². The summed E-state index contributed by atoms with van der Waals surface area (Å²) in [5, 5.41) is 0.864. The van der Waals surface area contributed by atoms with Crippen molar-refractivity contribution in [3.8, 4) is 0 Å². The van der Waals surface area contributed by atoms with E-state index < -0.39 is 0 Å². The third kappa shape index (κ3) is 2.75. The van der Waals surface area contributed by atoms with Crippen LogP contribution in [0.3, 0.4) is 0 Å². The third-order valence-electron chi connectivity index (χ3n) is 1.26. The molecule has 1 nitrogen and oxygen atoms in total. The summed E-state index contributed by atoms with van der Waals surface area (Å²) in [6.45, 7) is 2.04. The fraction of sp³-hybridized carbons (Fsp3) is 0.250. The molecule has 0 saturated carbocycles. The molecule has 4 heteroatoms. The van der Waals surface area contributed by atoms with Crippen molar-refractivity contribution in [2.45, 2.75) is 6.92 Å². The molecule has 12 heavy (non-hydrogen) atoms. The van der Waals surface area contributed by atoms with Gasteiger partial charge < -0.3 is 4.42 Å². The van der Waals surface area contributed by atoms with Crippen molar-refractivity contribution in [1.82, 2.24) is 0 Å². The molecule has 1 heterocycles. The molecular weight excluding hydrogens is 352 g/mol. The quantitative estimate of drug-likeness (QED) is 0.704. The van der Waals surface area contributed by atoms with Crippen LogP contribution in [0.15, 0.2) is 25.2 Å². The normalized spacial score (nSPS) is 12.2. The highest BCUT2D eigenvalue weighted by molar-refractivity contribution is 9.13. The minimum atomic E-state index is 0.733. The minimum absolute atomic E-state index is 0.733. The van der Waals surface area contributed by atoms with E-state index in [1.165, 1.54) is 5.57 Å². The molecule has 0 aliphatic rings. The van der Waals surface area contributed by atoms with Crippen molar-refractivity contribution in [3.05, 3.63) is 26.5 Å². The monoisotopic (exact) mass is 356 g/mol. The number of hydrogen-bond acceptors (Lipinski definition) is 1. The molecular formula is C8H7Br3O. The van der Waals surface area contributed by atoms with E-state index in [1.807, 2.05) is 19.1 Å². The van der Waals surface area contributed by atoms with Crippen LogP contribution < -0.4 is 0 Å². The molecule has 0 aliphatic carbocycles. The van der Waals surface area contributed by atoms with Crippen molar-refractivity contribution in [3.63, 3.8) is 0 Å². The summed E-state index contributed by atoms with van der Waals surface area (Å²) in [6, 6.07) is 1.93. The molecule has 0 N–H and O–H groups in total. The molecule has 66 valence electrons. The van der Waals surface area contributed by atoms with Gasteiger partial charge in [-0.1, -0.05) is 21.5 Å². The molecule has 0 bridgehead atoms. The van der Waals surface area contributed by atoms with Crippen LogP contribution in [0.1, 0.15) is 12.7 Å². The highest BCUT2D eigenvalue weighted by atomic mass is 79.9. The first-order valence-electron chi connectivity index (χ1n) is 3.31. The fourth-order valence-corrected chi connectivity index (χ4v) is 1.49. The Labute approximate surface area is 96.6 Å². The Hall–Kier alpha value is 0.460. The first kappa shape index (κ1) is 10.5. The van der Waals surface area contributed by atoms with Crippen molar-refractivity contribution in [2.75, 3.05) is 5.33 Å².